The second-order valence-electron chi connectivity index (χ2n) is 5.28. The normalized spacial score (nSPS) is 10.6. The average Bonchev–Trinajstić information content (AvgIpc) is 3.19. The van der Waals surface area contributed by atoms with Crippen molar-refractivity contribution in [1.29, 1.82) is 0 Å². The van der Waals surface area contributed by atoms with Crippen molar-refractivity contribution >= 4 is 33.6 Å². The number of aromatic nitrogens is 4. The highest BCUT2D eigenvalue weighted by Gasteiger charge is 2.10. The molecule has 128 valence electrons. The summed E-state index contributed by atoms with van der Waals surface area (Å²) in [5.74, 6) is -1.05. The number of rotatable bonds is 6. The maximum absolute atomic E-state index is 12.0. The molecule has 0 aliphatic heterocycles. The van der Waals surface area contributed by atoms with Crippen LogP contribution in [0.1, 0.15) is 16.1 Å². The molecule has 0 atom stereocenters. The summed E-state index contributed by atoms with van der Waals surface area (Å²) in [5.41, 5.74) is 0.980. The standard InChI is InChI=1S/C16H14BrN5O3/c17-12-3-1-11(2-4-12)9-21-8-6-14(20-21)18-15(23)10-22-7-5-13(19-22)16(24)25/h1-8H,9-10H2,(H,24,25)(H,18,20,23). The van der Waals surface area contributed by atoms with Crippen LogP contribution in [0.3, 0.4) is 0 Å². The van der Waals surface area contributed by atoms with Crippen LogP contribution in [0, 0.1) is 0 Å². The molecule has 2 heterocycles. The van der Waals surface area contributed by atoms with Crippen LogP contribution in [0.2, 0.25) is 0 Å². The lowest BCUT2D eigenvalue weighted by Crippen LogP contribution is -2.20. The van der Waals surface area contributed by atoms with Crippen LogP contribution in [0.5, 0.6) is 0 Å². The summed E-state index contributed by atoms with van der Waals surface area (Å²) in [6.45, 7) is 0.497. The first-order chi connectivity index (χ1) is 12.0. The zero-order chi connectivity index (χ0) is 17.8. The highest BCUT2D eigenvalue weighted by Crippen LogP contribution is 2.12. The van der Waals surface area contributed by atoms with Gasteiger partial charge in [0, 0.05) is 22.9 Å². The number of aromatic carboxylic acids is 1. The zero-order valence-corrected chi connectivity index (χ0v) is 14.5. The molecule has 3 rings (SSSR count). The lowest BCUT2D eigenvalue weighted by atomic mass is 10.2. The van der Waals surface area contributed by atoms with Crippen molar-refractivity contribution < 1.29 is 14.7 Å². The summed E-state index contributed by atoms with van der Waals surface area (Å²) in [6.07, 6.45) is 3.21. The first-order valence-corrected chi connectivity index (χ1v) is 8.13. The number of amides is 1. The minimum atomic E-state index is -1.13. The summed E-state index contributed by atoms with van der Waals surface area (Å²) in [4.78, 5) is 22.8. The molecule has 2 N–H and O–H groups in total. The van der Waals surface area contributed by atoms with Gasteiger partial charge in [0.15, 0.2) is 11.5 Å². The number of carbonyl (C=O) groups is 2. The smallest absolute Gasteiger partial charge is 0.356 e. The van der Waals surface area contributed by atoms with E-state index in [2.05, 4.69) is 31.4 Å². The van der Waals surface area contributed by atoms with E-state index in [9.17, 15) is 9.59 Å². The van der Waals surface area contributed by atoms with Crippen molar-refractivity contribution in [2.75, 3.05) is 5.32 Å². The highest BCUT2D eigenvalue weighted by atomic mass is 79.9. The highest BCUT2D eigenvalue weighted by molar-refractivity contribution is 9.10. The molecule has 1 amide bonds. The Hall–Kier alpha value is -2.94. The first kappa shape index (κ1) is 16.9. The molecule has 8 nitrogen and oxygen atoms in total. The van der Waals surface area contributed by atoms with Gasteiger partial charge in [-0.1, -0.05) is 28.1 Å². The third-order valence-electron chi connectivity index (χ3n) is 3.33. The predicted molar refractivity (Wildman–Crippen MR) is 93.3 cm³/mol. The van der Waals surface area contributed by atoms with Gasteiger partial charge in [-0.2, -0.15) is 10.2 Å². The second kappa shape index (κ2) is 7.31. The molecular weight excluding hydrogens is 390 g/mol. The van der Waals surface area contributed by atoms with E-state index in [1.54, 1.807) is 16.9 Å². The molecule has 0 spiro atoms. The van der Waals surface area contributed by atoms with Gasteiger partial charge in [-0.25, -0.2) is 4.79 Å². The topological polar surface area (TPSA) is 102 Å². The quantitative estimate of drug-likeness (QED) is 0.656. The van der Waals surface area contributed by atoms with Gasteiger partial charge in [0.25, 0.3) is 0 Å². The van der Waals surface area contributed by atoms with Crippen molar-refractivity contribution in [3.8, 4) is 0 Å². The fourth-order valence-electron chi connectivity index (χ4n) is 2.19. The summed E-state index contributed by atoms with van der Waals surface area (Å²) in [5, 5.41) is 19.6. The molecule has 0 aliphatic carbocycles. The van der Waals surface area contributed by atoms with E-state index in [1.807, 2.05) is 24.3 Å². The lowest BCUT2D eigenvalue weighted by molar-refractivity contribution is -0.116. The number of nitrogens with zero attached hydrogens (tertiary/aromatic N) is 4. The van der Waals surface area contributed by atoms with E-state index in [0.717, 1.165) is 10.0 Å². The third kappa shape index (κ3) is 4.54. The Morgan fingerprint density at radius 3 is 2.44 bits per heavy atom. The predicted octanol–water partition coefficient (Wildman–Crippen LogP) is 2.23. The van der Waals surface area contributed by atoms with E-state index in [1.165, 1.54) is 16.9 Å². The van der Waals surface area contributed by atoms with E-state index in [0.29, 0.717) is 12.4 Å². The van der Waals surface area contributed by atoms with E-state index in [-0.39, 0.29) is 18.1 Å². The Bertz CT molecular complexity index is 901. The molecule has 0 aliphatic rings. The van der Waals surface area contributed by atoms with Crippen LogP contribution in [-0.4, -0.2) is 36.5 Å². The molecule has 0 bridgehead atoms. The van der Waals surface area contributed by atoms with Crippen LogP contribution in [0.4, 0.5) is 5.82 Å². The van der Waals surface area contributed by atoms with Gasteiger partial charge in [-0.15, -0.1) is 0 Å². The minimum Gasteiger partial charge on any atom is -0.476 e. The van der Waals surface area contributed by atoms with E-state index < -0.39 is 5.97 Å². The number of hydrogen-bond donors (Lipinski definition) is 2. The van der Waals surface area contributed by atoms with Gasteiger partial charge in [0.2, 0.25) is 5.91 Å². The van der Waals surface area contributed by atoms with Gasteiger partial charge in [-0.05, 0) is 23.8 Å². The van der Waals surface area contributed by atoms with Gasteiger partial charge in [0.1, 0.15) is 6.54 Å². The number of carboxylic acid groups (broad SMARTS) is 1. The Kier molecular flexibility index (Phi) is 4.94. The monoisotopic (exact) mass is 403 g/mol. The number of carboxylic acids is 1. The van der Waals surface area contributed by atoms with Crippen molar-refractivity contribution in [1.82, 2.24) is 19.6 Å². The average molecular weight is 404 g/mol. The second-order valence-corrected chi connectivity index (χ2v) is 6.19. The largest absolute Gasteiger partial charge is 0.476 e. The minimum absolute atomic E-state index is 0.0904. The summed E-state index contributed by atoms with van der Waals surface area (Å²) in [7, 11) is 0. The van der Waals surface area contributed by atoms with Gasteiger partial charge in [-0.3, -0.25) is 14.2 Å². The van der Waals surface area contributed by atoms with Crippen LogP contribution < -0.4 is 5.32 Å². The fraction of sp³-hybridized carbons (Fsp3) is 0.125. The molecule has 0 saturated carbocycles. The fourth-order valence-corrected chi connectivity index (χ4v) is 2.45. The Labute approximate surface area is 151 Å². The Morgan fingerprint density at radius 2 is 1.76 bits per heavy atom. The molecule has 2 aromatic heterocycles. The van der Waals surface area contributed by atoms with Crippen LogP contribution in [-0.2, 0) is 17.9 Å². The number of anilines is 1. The van der Waals surface area contributed by atoms with Crippen molar-refractivity contribution in [3.63, 3.8) is 0 Å². The number of nitrogens with one attached hydrogen (secondary N) is 1. The number of carbonyl (C=O) groups excluding carboxylic acids is 1. The van der Waals surface area contributed by atoms with Crippen LogP contribution >= 0.6 is 15.9 Å². The molecule has 0 fully saturated rings. The molecule has 25 heavy (non-hydrogen) atoms. The molecule has 3 aromatic rings. The first-order valence-electron chi connectivity index (χ1n) is 7.34. The Balaban J connectivity index is 1.57. The number of benzene rings is 1. The maximum Gasteiger partial charge on any atom is 0.356 e. The molecular formula is C16H14BrN5O3. The molecule has 9 heteroatoms. The van der Waals surface area contributed by atoms with Crippen LogP contribution in [0.25, 0.3) is 0 Å². The maximum atomic E-state index is 12.0. The summed E-state index contributed by atoms with van der Waals surface area (Å²) >= 11 is 3.39. The number of halogens is 1. The molecule has 1 aromatic carbocycles. The van der Waals surface area contributed by atoms with E-state index >= 15 is 0 Å². The SMILES string of the molecule is O=C(Cn1ccc(C(=O)O)n1)Nc1ccn(Cc2ccc(Br)cc2)n1. The summed E-state index contributed by atoms with van der Waals surface area (Å²) in [6, 6.07) is 10.9. The van der Waals surface area contributed by atoms with Gasteiger partial charge in [0.05, 0.1) is 6.54 Å². The third-order valence-corrected chi connectivity index (χ3v) is 3.86. The molecule has 0 unspecified atom stereocenters. The number of hydrogen-bond acceptors (Lipinski definition) is 4. The van der Waals surface area contributed by atoms with Gasteiger partial charge < -0.3 is 10.4 Å². The molecule has 0 saturated heterocycles. The Morgan fingerprint density at radius 1 is 1.04 bits per heavy atom. The van der Waals surface area contributed by atoms with Gasteiger partial charge >= 0.3 is 5.97 Å². The van der Waals surface area contributed by atoms with E-state index in [4.69, 9.17) is 5.11 Å². The summed E-state index contributed by atoms with van der Waals surface area (Å²) < 4.78 is 3.99. The van der Waals surface area contributed by atoms with Crippen molar-refractivity contribution in [3.05, 3.63) is 64.5 Å². The zero-order valence-electron chi connectivity index (χ0n) is 13.0. The van der Waals surface area contributed by atoms with Crippen LogP contribution in [0.15, 0.2) is 53.3 Å². The molecule has 0 radical (unpaired) electrons. The van der Waals surface area contributed by atoms with Crippen molar-refractivity contribution in [2.45, 2.75) is 13.1 Å². The van der Waals surface area contributed by atoms with Crippen molar-refractivity contribution in [2.24, 2.45) is 0 Å². The lowest BCUT2D eigenvalue weighted by Gasteiger charge is -2.03.